The van der Waals surface area contributed by atoms with E-state index in [0.29, 0.717) is 29.5 Å². The molecule has 144 valence electrons. The van der Waals surface area contributed by atoms with Gasteiger partial charge in [-0.05, 0) is 58.6 Å². The SMILES string of the molecule is O=C(CNC(=O)c1ccc(Br)o1)NCC1(c2cccc(Cl)c2)CCOCC1. The maximum Gasteiger partial charge on any atom is 0.287 e. The Kier molecular flexibility index (Phi) is 6.57. The van der Waals surface area contributed by atoms with Gasteiger partial charge in [0.1, 0.15) is 0 Å². The van der Waals surface area contributed by atoms with E-state index in [0.717, 1.165) is 18.4 Å². The summed E-state index contributed by atoms with van der Waals surface area (Å²) in [4.78, 5) is 24.2. The van der Waals surface area contributed by atoms with Gasteiger partial charge < -0.3 is 19.8 Å². The number of carbonyl (C=O) groups excluding carboxylic acids is 2. The fourth-order valence-electron chi connectivity index (χ4n) is 3.16. The third-order valence-electron chi connectivity index (χ3n) is 4.72. The predicted octanol–water partition coefficient (Wildman–Crippen LogP) is 3.29. The summed E-state index contributed by atoms with van der Waals surface area (Å²) in [5, 5.41) is 6.15. The van der Waals surface area contributed by atoms with Crippen molar-refractivity contribution in [2.75, 3.05) is 26.3 Å². The average molecular weight is 456 g/mol. The van der Waals surface area contributed by atoms with Crippen molar-refractivity contribution in [1.82, 2.24) is 10.6 Å². The molecule has 6 nitrogen and oxygen atoms in total. The molecule has 0 aliphatic carbocycles. The molecule has 1 aromatic carbocycles. The van der Waals surface area contributed by atoms with Crippen molar-refractivity contribution < 1.29 is 18.7 Å². The molecular formula is C19H20BrClN2O4. The summed E-state index contributed by atoms with van der Waals surface area (Å²) in [6.45, 7) is 1.59. The van der Waals surface area contributed by atoms with Crippen LogP contribution in [0.2, 0.25) is 5.02 Å². The first kappa shape index (κ1) is 19.9. The summed E-state index contributed by atoms with van der Waals surface area (Å²) < 4.78 is 11.1. The molecular weight excluding hydrogens is 436 g/mol. The van der Waals surface area contributed by atoms with Crippen molar-refractivity contribution in [2.45, 2.75) is 18.3 Å². The molecule has 2 N–H and O–H groups in total. The van der Waals surface area contributed by atoms with Crippen LogP contribution in [-0.4, -0.2) is 38.1 Å². The molecule has 0 unspecified atom stereocenters. The Hall–Kier alpha value is -1.83. The van der Waals surface area contributed by atoms with Crippen LogP contribution in [0.3, 0.4) is 0 Å². The van der Waals surface area contributed by atoms with E-state index < -0.39 is 5.91 Å². The molecule has 0 bridgehead atoms. The Balaban J connectivity index is 1.58. The number of hydrogen-bond donors (Lipinski definition) is 2. The highest BCUT2D eigenvalue weighted by molar-refractivity contribution is 9.10. The first-order chi connectivity index (χ1) is 13.0. The first-order valence-corrected chi connectivity index (χ1v) is 9.80. The van der Waals surface area contributed by atoms with E-state index >= 15 is 0 Å². The van der Waals surface area contributed by atoms with Crippen LogP contribution in [0.25, 0.3) is 0 Å². The lowest BCUT2D eigenvalue weighted by Crippen LogP contribution is -2.47. The maximum absolute atomic E-state index is 12.2. The fourth-order valence-corrected chi connectivity index (χ4v) is 3.66. The molecule has 0 spiro atoms. The van der Waals surface area contributed by atoms with E-state index in [1.807, 2.05) is 24.3 Å². The van der Waals surface area contributed by atoms with Crippen molar-refractivity contribution in [3.63, 3.8) is 0 Å². The van der Waals surface area contributed by atoms with Gasteiger partial charge >= 0.3 is 0 Å². The number of hydrogen-bond acceptors (Lipinski definition) is 4. The number of benzene rings is 1. The minimum absolute atomic E-state index is 0.126. The summed E-state index contributed by atoms with van der Waals surface area (Å²) in [5.74, 6) is -0.553. The number of rotatable bonds is 6. The Bertz CT molecular complexity index is 818. The zero-order valence-corrected chi connectivity index (χ0v) is 16.9. The Morgan fingerprint density at radius 3 is 2.59 bits per heavy atom. The summed E-state index contributed by atoms with van der Waals surface area (Å²) in [5.41, 5.74) is 0.859. The van der Waals surface area contributed by atoms with E-state index in [2.05, 4.69) is 26.6 Å². The van der Waals surface area contributed by atoms with Crippen molar-refractivity contribution in [1.29, 1.82) is 0 Å². The topological polar surface area (TPSA) is 80.6 Å². The standard InChI is InChI=1S/C19H20BrClN2O4/c20-16-5-4-15(27-16)18(25)22-11-17(24)23-12-19(6-8-26-9-7-19)13-2-1-3-14(21)10-13/h1-5,10H,6-9,11-12H2,(H,22,25)(H,23,24). The van der Waals surface area contributed by atoms with Crippen LogP contribution in [0.4, 0.5) is 0 Å². The molecule has 1 fully saturated rings. The van der Waals surface area contributed by atoms with Crippen LogP contribution in [0.15, 0.2) is 45.5 Å². The van der Waals surface area contributed by atoms with Crippen molar-refractivity contribution in [2.24, 2.45) is 0 Å². The molecule has 8 heteroatoms. The number of furan rings is 1. The molecule has 1 aliphatic rings. The Morgan fingerprint density at radius 1 is 1.15 bits per heavy atom. The average Bonchev–Trinajstić information content (AvgIpc) is 3.12. The lowest BCUT2D eigenvalue weighted by molar-refractivity contribution is -0.120. The minimum Gasteiger partial charge on any atom is -0.444 e. The third-order valence-corrected chi connectivity index (χ3v) is 5.38. The van der Waals surface area contributed by atoms with Crippen LogP contribution in [0.5, 0.6) is 0 Å². The van der Waals surface area contributed by atoms with Gasteiger partial charge in [0.15, 0.2) is 10.4 Å². The molecule has 1 aliphatic heterocycles. The molecule has 3 rings (SSSR count). The van der Waals surface area contributed by atoms with Gasteiger partial charge in [0, 0.05) is 30.2 Å². The molecule has 0 radical (unpaired) electrons. The minimum atomic E-state index is -0.438. The van der Waals surface area contributed by atoms with Crippen molar-refractivity contribution in [3.8, 4) is 0 Å². The smallest absolute Gasteiger partial charge is 0.287 e. The van der Waals surface area contributed by atoms with E-state index in [9.17, 15) is 9.59 Å². The first-order valence-electron chi connectivity index (χ1n) is 8.63. The van der Waals surface area contributed by atoms with Crippen LogP contribution in [-0.2, 0) is 14.9 Å². The van der Waals surface area contributed by atoms with Crippen LogP contribution in [0.1, 0.15) is 29.0 Å². The normalized spacial score (nSPS) is 15.9. The molecule has 1 saturated heterocycles. The number of halogens is 2. The summed E-state index contributed by atoms with van der Waals surface area (Å²) in [6, 6.07) is 10.9. The van der Waals surface area contributed by atoms with E-state index in [1.165, 1.54) is 6.07 Å². The lowest BCUT2D eigenvalue weighted by Gasteiger charge is -2.38. The monoisotopic (exact) mass is 454 g/mol. The number of amides is 2. The van der Waals surface area contributed by atoms with Crippen molar-refractivity contribution in [3.05, 3.63) is 57.4 Å². The number of carbonyl (C=O) groups is 2. The van der Waals surface area contributed by atoms with Gasteiger partial charge in [0.2, 0.25) is 5.91 Å². The van der Waals surface area contributed by atoms with Gasteiger partial charge in [0.25, 0.3) is 5.91 Å². The lowest BCUT2D eigenvalue weighted by atomic mass is 9.74. The summed E-state index contributed by atoms with van der Waals surface area (Å²) in [7, 11) is 0. The highest BCUT2D eigenvalue weighted by atomic mass is 79.9. The molecule has 1 aromatic heterocycles. The second kappa shape index (κ2) is 8.91. The molecule has 2 aromatic rings. The number of ether oxygens (including phenoxy) is 1. The van der Waals surface area contributed by atoms with E-state index in [1.54, 1.807) is 6.07 Å². The summed E-state index contributed by atoms with van der Waals surface area (Å²) >= 11 is 9.29. The van der Waals surface area contributed by atoms with Crippen LogP contribution < -0.4 is 10.6 Å². The van der Waals surface area contributed by atoms with Gasteiger partial charge in [-0.3, -0.25) is 9.59 Å². The highest BCUT2D eigenvalue weighted by Gasteiger charge is 2.35. The third kappa shape index (κ3) is 5.12. The van der Waals surface area contributed by atoms with Crippen LogP contribution in [0, 0.1) is 0 Å². The van der Waals surface area contributed by atoms with E-state index in [-0.39, 0.29) is 23.6 Å². The zero-order valence-electron chi connectivity index (χ0n) is 14.6. The number of nitrogens with one attached hydrogen (secondary N) is 2. The van der Waals surface area contributed by atoms with Gasteiger partial charge in [-0.25, -0.2) is 0 Å². The predicted molar refractivity (Wildman–Crippen MR) is 105 cm³/mol. The molecule has 2 amide bonds. The van der Waals surface area contributed by atoms with Gasteiger partial charge in [-0.2, -0.15) is 0 Å². The zero-order chi connectivity index (χ0) is 19.3. The largest absolute Gasteiger partial charge is 0.444 e. The molecule has 2 heterocycles. The molecule has 0 atom stereocenters. The second-order valence-corrected chi connectivity index (χ2v) is 7.68. The fraction of sp³-hybridized carbons (Fsp3) is 0.368. The van der Waals surface area contributed by atoms with Crippen LogP contribution >= 0.6 is 27.5 Å². The summed E-state index contributed by atoms with van der Waals surface area (Å²) in [6.07, 6.45) is 1.58. The Labute approximate surface area is 170 Å². The highest BCUT2D eigenvalue weighted by Crippen LogP contribution is 2.35. The van der Waals surface area contributed by atoms with Gasteiger partial charge in [-0.1, -0.05) is 23.7 Å². The quantitative estimate of drug-likeness (QED) is 0.700. The van der Waals surface area contributed by atoms with Crippen molar-refractivity contribution >= 4 is 39.3 Å². The molecule has 27 heavy (non-hydrogen) atoms. The Morgan fingerprint density at radius 2 is 1.93 bits per heavy atom. The van der Waals surface area contributed by atoms with Gasteiger partial charge in [0.05, 0.1) is 6.54 Å². The second-order valence-electron chi connectivity index (χ2n) is 6.47. The maximum atomic E-state index is 12.2. The molecule has 0 saturated carbocycles. The van der Waals surface area contributed by atoms with Gasteiger partial charge in [-0.15, -0.1) is 0 Å². The van der Waals surface area contributed by atoms with E-state index in [4.69, 9.17) is 20.8 Å².